The Morgan fingerprint density at radius 3 is 2.44 bits per heavy atom. The molecule has 0 unspecified atom stereocenters. The Kier molecular flexibility index (Phi) is 6.79. The van der Waals surface area contributed by atoms with Crippen molar-refractivity contribution in [3.8, 4) is 29.3 Å². The number of anilines is 1. The maximum absolute atomic E-state index is 13.4. The fraction of sp³-hybridized carbons (Fsp3) is 0.0741. The Labute approximate surface area is 221 Å². The first kappa shape index (κ1) is 24.8. The number of amides is 1. The summed E-state index contributed by atoms with van der Waals surface area (Å²) in [7, 11) is 3.07. The topological polar surface area (TPSA) is 160 Å². The SMILES string of the molecule is COc1ccc(NC(=O)c2c(O)c(/N=N/c3c(C#N)cnn3-c3ncccn3)cc3cc(OC)ccc23)cc1. The predicted molar refractivity (Wildman–Crippen MR) is 141 cm³/mol. The van der Waals surface area contributed by atoms with Gasteiger partial charge in [-0.25, -0.2) is 9.97 Å². The van der Waals surface area contributed by atoms with Crippen molar-refractivity contribution >= 4 is 33.9 Å². The van der Waals surface area contributed by atoms with Gasteiger partial charge in [0.25, 0.3) is 11.9 Å². The zero-order valence-electron chi connectivity index (χ0n) is 20.7. The van der Waals surface area contributed by atoms with Gasteiger partial charge in [-0.15, -0.1) is 10.2 Å². The number of aromatic hydroxyl groups is 1. The molecule has 0 saturated carbocycles. The summed E-state index contributed by atoms with van der Waals surface area (Å²) in [5.74, 6) is 0.447. The maximum atomic E-state index is 13.4. The lowest BCUT2D eigenvalue weighted by Crippen LogP contribution is -2.12. The summed E-state index contributed by atoms with van der Waals surface area (Å²) in [5, 5.41) is 37.1. The number of fused-ring (bicyclic) bond motifs is 1. The molecule has 1 amide bonds. The molecule has 0 fully saturated rings. The van der Waals surface area contributed by atoms with Crippen molar-refractivity contribution in [1.29, 1.82) is 5.26 Å². The van der Waals surface area contributed by atoms with Gasteiger partial charge in [-0.05, 0) is 65.4 Å². The predicted octanol–water partition coefficient (Wildman–Crippen LogP) is 5.08. The zero-order valence-corrected chi connectivity index (χ0v) is 20.7. The first-order valence-electron chi connectivity index (χ1n) is 11.5. The van der Waals surface area contributed by atoms with Crippen LogP contribution >= 0.6 is 0 Å². The quantitative estimate of drug-likeness (QED) is 0.281. The van der Waals surface area contributed by atoms with Crippen LogP contribution in [-0.2, 0) is 0 Å². The number of benzene rings is 3. The van der Waals surface area contributed by atoms with Gasteiger partial charge in [-0.3, -0.25) is 4.79 Å². The van der Waals surface area contributed by atoms with Gasteiger partial charge in [0, 0.05) is 18.1 Å². The lowest BCUT2D eigenvalue weighted by atomic mass is 10.0. The van der Waals surface area contributed by atoms with Crippen LogP contribution in [0.15, 0.2) is 83.4 Å². The number of methoxy groups -OCH3 is 2. The first-order chi connectivity index (χ1) is 19.0. The smallest absolute Gasteiger partial charge is 0.260 e. The molecule has 5 aromatic rings. The van der Waals surface area contributed by atoms with E-state index in [0.29, 0.717) is 28.0 Å². The molecule has 0 saturated heterocycles. The number of phenolic OH excluding ortho intramolecular Hbond substituents is 1. The van der Waals surface area contributed by atoms with E-state index in [9.17, 15) is 15.2 Å². The summed E-state index contributed by atoms with van der Waals surface area (Å²) in [6.45, 7) is 0. The molecule has 0 spiro atoms. The standard InChI is InChI=1S/C27H20N8O4/c1-38-19-6-4-18(5-7-19)32-26(37)23-21-9-8-20(39-2)12-16(21)13-22(24(23)36)33-34-25-17(14-28)15-31-35(25)27-29-10-3-11-30-27/h3-13,15,36H,1-2H3,(H,32,37)/b34-33+. The zero-order chi connectivity index (χ0) is 27.4. The van der Waals surface area contributed by atoms with Crippen molar-refractivity contribution in [3.63, 3.8) is 0 Å². The highest BCUT2D eigenvalue weighted by Gasteiger charge is 2.21. The highest BCUT2D eigenvalue weighted by molar-refractivity contribution is 6.16. The molecule has 12 nitrogen and oxygen atoms in total. The molecule has 0 atom stereocenters. The van der Waals surface area contributed by atoms with Crippen LogP contribution < -0.4 is 14.8 Å². The highest BCUT2D eigenvalue weighted by atomic mass is 16.5. The summed E-state index contributed by atoms with van der Waals surface area (Å²) < 4.78 is 11.7. The van der Waals surface area contributed by atoms with E-state index < -0.39 is 11.7 Å². The molecule has 2 N–H and O–H groups in total. The monoisotopic (exact) mass is 520 g/mol. The number of ether oxygens (including phenoxy) is 2. The maximum Gasteiger partial charge on any atom is 0.260 e. The second-order valence-corrected chi connectivity index (χ2v) is 8.04. The molecule has 192 valence electrons. The number of azo groups is 1. The lowest BCUT2D eigenvalue weighted by molar-refractivity contribution is 0.102. The molecule has 3 aromatic carbocycles. The molecule has 2 heterocycles. The van der Waals surface area contributed by atoms with Crippen molar-refractivity contribution in [2.24, 2.45) is 10.2 Å². The fourth-order valence-electron chi connectivity index (χ4n) is 3.83. The summed E-state index contributed by atoms with van der Waals surface area (Å²) in [6, 6.07) is 17.0. The molecule has 5 rings (SSSR count). The van der Waals surface area contributed by atoms with Gasteiger partial charge in [0.05, 0.1) is 26.0 Å². The van der Waals surface area contributed by atoms with Gasteiger partial charge in [-0.1, -0.05) is 0 Å². The third-order valence-corrected chi connectivity index (χ3v) is 5.73. The van der Waals surface area contributed by atoms with Gasteiger partial charge >= 0.3 is 0 Å². The van der Waals surface area contributed by atoms with Crippen LogP contribution in [0.3, 0.4) is 0 Å². The summed E-state index contributed by atoms with van der Waals surface area (Å²) in [4.78, 5) is 21.7. The number of carbonyl (C=O) groups excluding carboxylic acids is 1. The van der Waals surface area contributed by atoms with Gasteiger partial charge in [0.2, 0.25) is 0 Å². The Morgan fingerprint density at radius 1 is 1.03 bits per heavy atom. The summed E-state index contributed by atoms with van der Waals surface area (Å²) >= 11 is 0. The highest BCUT2D eigenvalue weighted by Crippen LogP contribution is 2.39. The Balaban J connectivity index is 1.60. The summed E-state index contributed by atoms with van der Waals surface area (Å²) in [6.07, 6.45) is 4.35. The summed E-state index contributed by atoms with van der Waals surface area (Å²) in [5.41, 5.74) is 0.589. The molecule has 2 aromatic heterocycles. The van der Waals surface area contributed by atoms with E-state index in [2.05, 4.69) is 30.6 Å². The van der Waals surface area contributed by atoms with E-state index in [4.69, 9.17) is 9.47 Å². The molecule has 0 radical (unpaired) electrons. The second-order valence-electron chi connectivity index (χ2n) is 8.04. The van der Waals surface area contributed by atoms with E-state index >= 15 is 0 Å². The minimum Gasteiger partial charge on any atom is -0.505 e. The van der Waals surface area contributed by atoms with Gasteiger partial charge in [0.15, 0.2) is 11.6 Å². The minimum absolute atomic E-state index is 0.0127. The number of nitrogens with one attached hydrogen (secondary N) is 1. The number of nitriles is 1. The van der Waals surface area contributed by atoms with Crippen LogP contribution in [0.25, 0.3) is 16.7 Å². The van der Waals surface area contributed by atoms with Gasteiger partial charge in [0.1, 0.15) is 28.8 Å². The Morgan fingerprint density at radius 2 is 1.74 bits per heavy atom. The van der Waals surface area contributed by atoms with E-state index in [1.807, 2.05) is 6.07 Å². The van der Waals surface area contributed by atoms with Crippen LogP contribution in [-0.4, -0.2) is 45.0 Å². The van der Waals surface area contributed by atoms with Crippen LogP contribution in [0.1, 0.15) is 15.9 Å². The number of aromatic nitrogens is 4. The third-order valence-electron chi connectivity index (χ3n) is 5.73. The van der Waals surface area contributed by atoms with Gasteiger partial charge < -0.3 is 19.9 Å². The molecule has 12 heteroatoms. The van der Waals surface area contributed by atoms with Crippen LogP contribution in [0.2, 0.25) is 0 Å². The van der Waals surface area contributed by atoms with Gasteiger partial charge in [-0.2, -0.15) is 15.0 Å². The van der Waals surface area contributed by atoms with Crippen LogP contribution in [0, 0.1) is 11.3 Å². The van der Waals surface area contributed by atoms with E-state index in [1.54, 1.807) is 61.7 Å². The molecule has 0 bridgehead atoms. The average Bonchev–Trinajstić information content (AvgIpc) is 3.39. The average molecular weight is 521 g/mol. The Hall–Kier alpha value is -5.83. The fourth-order valence-corrected chi connectivity index (χ4v) is 3.83. The molecule has 0 aliphatic rings. The number of carbonyl (C=O) groups is 1. The number of phenols is 1. The van der Waals surface area contributed by atoms with E-state index in [-0.39, 0.29) is 28.6 Å². The minimum atomic E-state index is -0.565. The van der Waals surface area contributed by atoms with Crippen LogP contribution in [0.5, 0.6) is 17.2 Å². The molecule has 0 aliphatic heterocycles. The van der Waals surface area contributed by atoms with E-state index in [1.165, 1.54) is 30.4 Å². The van der Waals surface area contributed by atoms with Crippen molar-refractivity contribution in [3.05, 3.63) is 84.3 Å². The van der Waals surface area contributed by atoms with E-state index in [0.717, 1.165) is 0 Å². The number of nitrogens with zero attached hydrogens (tertiary/aromatic N) is 7. The number of hydrogen-bond acceptors (Lipinski definition) is 10. The van der Waals surface area contributed by atoms with Crippen molar-refractivity contribution in [1.82, 2.24) is 19.7 Å². The van der Waals surface area contributed by atoms with Crippen LogP contribution in [0.4, 0.5) is 17.2 Å². The third kappa shape index (κ3) is 4.92. The number of rotatable bonds is 7. The second kappa shape index (κ2) is 10.7. The largest absolute Gasteiger partial charge is 0.505 e. The van der Waals surface area contributed by atoms with Crippen molar-refractivity contribution in [2.75, 3.05) is 19.5 Å². The first-order valence-corrected chi connectivity index (χ1v) is 11.5. The molecular weight excluding hydrogens is 500 g/mol. The lowest BCUT2D eigenvalue weighted by Gasteiger charge is -2.13. The molecule has 0 aliphatic carbocycles. The molecule has 39 heavy (non-hydrogen) atoms. The normalized spacial score (nSPS) is 10.9. The van der Waals surface area contributed by atoms with Crippen molar-refractivity contribution in [2.45, 2.75) is 0 Å². The number of hydrogen-bond donors (Lipinski definition) is 2. The molecular formula is C27H20N8O4. The Bertz CT molecular complexity index is 1740. The van der Waals surface area contributed by atoms with Crippen molar-refractivity contribution < 1.29 is 19.4 Å².